The summed E-state index contributed by atoms with van der Waals surface area (Å²) < 4.78 is 0. The number of nitrogens with zero attached hydrogens (tertiary/aromatic N) is 1. The molecule has 0 radical (unpaired) electrons. The van der Waals surface area contributed by atoms with E-state index in [-0.39, 0.29) is 0 Å². The summed E-state index contributed by atoms with van der Waals surface area (Å²) in [6.07, 6.45) is 6.91. The first-order chi connectivity index (χ1) is 7.66. The molecule has 1 fully saturated rings. The molecule has 1 saturated carbocycles. The predicted molar refractivity (Wildman–Crippen MR) is 67.4 cm³/mol. The Hall–Kier alpha value is -0.890. The monoisotopic (exact) mass is 218 g/mol. The lowest BCUT2D eigenvalue weighted by atomic mass is 9.92. The number of aromatic nitrogens is 1. The van der Waals surface area contributed by atoms with E-state index in [1.165, 1.54) is 25.0 Å². The van der Waals surface area contributed by atoms with Gasteiger partial charge in [0.2, 0.25) is 0 Å². The Labute approximate surface area is 98.5 Å². The lowest BCUT2D eigenvalue weighted by Gasteiger charge is -2.17. The highest BCUT2D eigenvalue weighted by Crippen LogP contribution is 2.36. The average Bonchev–Trinajstić information content (AvgIpc) is 2.60. The number of hydrogen-bond donors (Lipinski definition) is 1. The highest BCUT2D eigenvalue weighted by Gasteiger charge is 2.30. The maximum absolute atomic E-state index is 4.33. The van der Waals surface area contributed by atoms with Gasteiger partial charge in [-0.25, -0.2) is 0 Å². The van der Waals surface area contributed by atoms with E-state index < -0.39 is 0 Å². The maximum Gasteiger partial charge on any atom is 0.0416 e. The fourth-order valence-corrected chi connectivity index (χ4v) is 2.56. The lowest BCUT2D eigenvalue weighted by Crippen LogP contribution is -2.29. The minimum absolute atomic E-state index is 0.544. The first-order valence-corrected chi connectivity index (χ1v) is 6.29. The highest BCUT2D eigenvalue weighted by atomic mass is 14.9. The van der Waals surface area contributed by atoms with Crippen LogP contribution >= 0.6 is 0 Å². The average molecular weight is 218 g/mol. The normalized spacial score (nSPS) is 23.5. The zero-order valence-corrected chi connectivity index (χ0v) is 10.4. The molecular weight excluding hydrogens is 196 g/mol. The molecule has 0 aliphatic heterocycles. The number of hydrogen-bond acceptors (Lipinski definition) is 2. The van der Waals surface area contributed by atoms with Crippen LogP contribution in [0, 0.1) is 5.41 Å². The van der Waals surface area contributed by atoms with E-state index in [0.29, 0.717) is 5.41 Å². The molecule has 1 aliphatic rings. The Morgan fingerprint density at radius 1 is 1.44 bits per heavy atom. The predicted octanol–water partition coefficient (Wildman–Crippen LogP) is 2.79. The van der Waals surface area contributed by atoms with Crippen LogP contribution in [0.2, 0.25) is 0 Å². The molecule has 1 N–H and O–H groups in total. The van der Waals surface area contributed by atoms with Crippen molar-refractivity contribution in [3.8, 4) is 0 Å². The van der Waals surface area contributed by atoms with Crippen LogP contribution in [0.25, 0.3) is 0 Å². The maximum atomic E-state index is 4.33. The molecule has 2 heteroatoms. The SMILES string of the molecule is CC1(C)CCC(NCCc2ccccn2)C1. The molecule has 0 saturated heterocycles. The summed E-state index contributed by atoms with van der Waals surface area (Å²) in [7, 11) is 0. The van der Waals surface area contributed by atoms with Crippen LogP contribution in [0.15, 0.2) is 24.4 Å². The van der Waals surface area contributed by atoms with Crippen molar-refractivity contribution in [2.45, 2.75) is 45.6 Å². The third kappa shape index (κ3) is 3.31. The molecular formula is C14H22N2. The quantitative estimate of drug-likeness (QED) is 0.840. The first-order valence-electron chi connectivity index (χ1n) is 6.29. The minimum atomic E-state index is 0.544. The van der Waals surface area contributed by atoms with Crippen LogP contribution < -0.4 is 5.32 Å². The molecule has 0 amide bonds. The molecule has 88 valence electrons. The van der Waals surface area contributed by atoms with E-state index >= 15 is 0 Å². The van der Waals surface area contributed by atoms with Gasteiger partial charge < -0.3 is 5.32 Å². The van der Waals surface area contributed by atoms with Gasteiger partial charge in [-0.15, -0.1) is 0 Å². The smallest absolute Gasteiger partial charge is 0.0416 e. The molecule has 1 aliphatic carbocycles. The van der Waals surface area contributed by atoms with Gasteiger partial charge in [0.1, 0.15) is 0 Å². The van der Waals surface area contributed by atoms with Gasteiger partial charge in [-0.2, -0.15) is 0 Å². The summed E-state index contributed by atoms with van der Waals surface area (Å²) in [6.45, 7) is 5.79. The van der Waals surface area contributed by atoms with Crippen molar-refractivity contribution in [1.82, 2.24) is 10.3 Å². The van der Waals surface area contributed by atoms with Gasteiger partial charge in [0, 0.05) is 30.9 Å². The molecule has 1 aromatic rings. The van der Waals surface area contributed by atoms with Crippen LogP contribution in [0.5, 0.6) is 0 Å². The van der Waals surface area contributed by atoms with Crippen molar-refractivity contribution in [3.05, 3.63) is 30.1 Å². The summed E-state index contributed by atoms with van der Waals surface area (Å²) in [5.41, 5.74) is 1.73. The standard InChI is InChI=1S/C14H22N2/c1-14(2)8-6-13(11-14)16-10-7-12-5-3-4-9-15-12/h3-5,9,13,16H,6-8,10-11H2,1-2H3. The van der Waals surface area contributed by atoms with Crippen LogP contribution in [0.4, 0.5) is 0 Å². The summed E-state index contributed by atoms with van der Waals surface area (Å²) in [4.78, 5) is 4.33. The first kappa shape index (κ1) is 11.6. The van der Waals surface area contributed by atoms with Crippen LogP contribution in [0.1, 0.15) is 38.8 Å². The lowest BCUT2D eigenvalue weighted by molar-refractivity contribution is 0.365. The van der Waals surface area contributed by atoms with E-state index in [2.05, 4.69) is 36.3 Å². The fourth-order valence-electron chi connectivity index (χ4n) is 2.56. The van der Waals surface area contributed by atoms with Gasteiger partial charge in [-0.3, -0.25) is 4.98 Å². The Bertz CT molecular complexity index is 319. The molecule has 0 bridgehead atoms. The summed E-state index contributed by atoms with van der Waals surface area (Å²) in [5, 5.41) is 3.65. The van der Waals surface area contributed by atoms with E-state index in [1.54, 1.807) is 0 Å². The van der Waals surface area contributed by atoms with Crippen molar-refractivity contribution in [2.75, 3.05) is 6.54 Å². The molecule has 0 spiro atoms. The van der Waals surface area contributed by atoms with E-state index in [1.807, 2.05) is 12.3 Å². The minimum Gasteiger partial charge on any atom is -0.314 e. The van der Waals surface area contributed by atoms with E-state index in [4.69, 9.17) is 0 Å². The number of rotatable bonds is 4. The highest BCUT2D eigenvalue weighted by molar-refractivity contribution is 5.03. The summed E-state index contributed by atoms with van der Waals surface area (Å²) >= 11 is 0. The summed E-state index contributed by atoms with van der Waals surface area (Å²) in [5.74, 6) is 0. The fraction of sp³-hybridized carbons (Fsp3) is 0.643. The molecule has 1 aromatic heterocycles. The molecule has 1 heterocycles. The van der Waals surface area contributed by atoms with Crippen molar-refractivity contribution in [1.29, 1.82) is 0 Å². The molecule has 0 aromatic carbocycles. The molecule has 16 heavy (non-hydrogen) atoms. The Morgan fingerprint density at radius 3 is 2.94 bits per heavy atom. The van der Waals surface area contributed by atoms with Gasteiger partial charge in [0.05, 0.1) is 0 Å². The molecule has 1 atom stereocenters. The number of pyridine rings is 1. The van der Waals surface area contributed by atoms with Crippen LogP contribution in [-0.2, 0) is 6.42 Å². The molecule has 2 rings (SSSR count). The van der Waals surface area contributed by atoms with Gasteiger partial charge in [0.25, 0.3) is 0 Å². The third-order valence-electron chi connectivity index (χ3n) is 3.51. The van der Waals surface area contributed by atoms with Crippen molar-refractivity contribution in [3.63, 3.8) is 0 Å². The second-order valence-electron chi connectivity index (χ2n) is 5.63. The van der Waals surface area contributed by atoms with E-state index in [9.17, 15) is 0 Å². The Balaban J connectivity index is 1.70. The zero-order valence-electron chi connectivity index (χ0n) is 10.4. The van der Waals surface area contributed by atoms with Gasteiger partial charge in [0.15, 0.2) is 0 Å². The number of nitrogens with one attached hydrogen (secondary N) is 1. The van der Waals surface area contributed by atoms with E-state index in [0.717, 1.165) is 19.0 Å². The summed E-state index contributed by atoms with van der Waals surface area (Å²) in [6, 6.07) is 6.84. The van der Waals surface area contributed by atoms with Crippen molar-refractivity contribution in [2.24, 2.45) is 5.41 Å². The third-order valence-corrected chi connectivity index (χ3v) is 3.51. The van der Waals surface area contributed by atoms with Gasteiger partial charge in [-0.1, -0.05) is 19.9 Å². The van der Waals surface area contributed by atoms with Gasteiger partial charge in [-0.05, 0) is 36.8 Å². The van der Waals surface area contributed by atoms with Crippen molar-refractivity contribution >= 4 is 0 Å². The molecule has 2 nitrogen and oxygen atoms in total. The van der Waals surface area contributed by atoms with Crippen LogP contribution in [-0.4, -0.2) is 17.6 Å². The molecule has 1 unspecified atom stereocenters. The second-order valence-corrected chi connectivity index (χ2v) is 5.63. The van der Waals surface area contributed by atoms with Crippen molar-refractivity contribution < 1.29 is 0 Å². The Morgan fingerprint density at radius 2 is 2.31 bits per heavy atom. The zero-order chi connectivity index (χ0) is 11.4. The second kappa shape index (κ2) is 4.96. The van der Waals surface area contributed by atoms with Gasteiger partial charge >= 0.3 is 0 Å². The largest absolute Gasteiger partial charge is 0.314 e. The van der Waals surface area contributed by atoms with Crippen LogP contribution in [0.3, 0.4) is 0 Å². The Kier molecular flexibility index (Phi) is 3.59. The topological polar surface area (TPSA) is 24.9 Å².